The Morgan fingerprint density at radius 1 is 1.08 bits per heavy atom. The van der Waals surface area contributed by atoms with E-state index in [4.69, 9.17) is 32.4 Å². The molecule has 3 aromatic rings. The topological polar surface area (TPSA) is 85.5 Å². The standard InChI is InChI=1S/C16H10Cl2N2O4/c17-10-3-1-9(2-4-10)15-20-19-14(24-15)8-23-16(22)12-6-5-11(18)7-13(12)21/h1-7,21H,8H2. The summed E-state index contributed by atoms with van der Waals surface area (Å²) in [5, 5.41) is 18.3. The molecule has 0 saturated heterocycles. The number of carbonyl (C=O) groups excluding carboxylic acids is 1. The first-order valence-electron chi connectivity index (χ1n) is 6.77. The van der Waals surface area contributed by atoms with Gasteiger partial charge >= 0.3 is 5.97 Å². The molecule has 2 aromatic carbocycles. The van der Waals surface area contributed by atoms with Gasteiger partial charge in [-0.1, -0.05) is 23.2 Å². The Morgan fingerprint density at radius 3 is 2.50 bits per heavy atom. The summed E-state index contributed by atoms with van der Waals surface area (Å²) in [4.78, 5) is 11.9. The summed E-state index contributed by atoms with van der Waals surface area (Å²) in [6, 6.07) is 11.0. The van der Waals surface area contributed by atoms with Crippen LogP contribution < -0.4 is 0 Å². The first-order chi connectivity index (χ1) is 11.5. The number of rotatable bonds is 4. The normalized spacial score (nSPS) is 10.6. The zero-order chi connectivity index (χ0) is 17.1. The second-order valence-corrected chi connectivity index (χ2v) is 5.62. The number of halogens is 2. The third kappa shape index (κ3) is 3.67. The summed E-state index contributed by atoms with van der Waals surface area (Å²) in [5.74, 6) is -0.580. The molecule has 1 aromatic heterocycles. The van der Waals surface area contributed by atoms with Crippen molar-refractivity contribution in [3.8, 4) is 17.2 Å². The van der Waals surface area contributed by atoms with Gasteiger partial charge in [0, 0.05) is 15.6 Å². The Balaban J connectivity index is 1.67. The van der Waals surface area contributed by atoms with Crippen LogP contribution in [0.4, 0.5) is 0 Å². The average Bonchev–Trinajstić information content (AvgIpc) is 3.02. The highest BCUT2D eigenvalue weighted by atomic mass is 35.5. The highest BCUT2D eigenvalue weighted by Crippen LogP contribution is 2.23. The molecule has 0 amide bonds. The molecular weight excluding hydrogens is 355 g/mol. The molecule has 6 nitrogen and oxygen atoms in total. The number of benzene rings is 2. The molecule has 0 aliphatic rings. The predicted octanol–water partition coefficient (Wildman–Crippen LogP) is 4.11. The van der Waals surface area contributed by atoms with Gasteiger partial charge in [-0.05, 0) is 42.5 Å². The van der Waals surface area contributed by atoms with Crippen molar-refractivity contribution in [2.75, 3.05) is 0 Å². The Labute approximate surface area is 146 Å². The van der Waals surface area contributed by atoms with Crippen molar-refractivity contribution >= 4 is 29.2 Å². The van der Waals surface area contributed by atoms with E-state index in [2.05, 4.69) is 10.2 Å². The van der Waals surface area contributed by atoms with E-state index in [1.807, 2.05) is 0 Å². The number of carbonyl (C=O) groups is 1. The largest absolute Gasteiger partial charge is 0.507 e. The molecule has 3 rings (SSSR count). The van der Waals surface area contributed by atoms with Crippen LogP contribution in [-0.2, 0) is 11.3 Å². The summed E-state index contributed by atoms with van der Waals surface area (Å²) >= 11 is 11.5. The number of hydrogen-bond acceptors (Lipinski definition) is 6. The van der Waals surface area contributed by atoms with E-state index in [1.165, 1.54) is 18.2 Å². The first-order valence-corrected chi connectivity index (χ1v) is 7.52. The highest BCUT2D eigenvalue weighted by molar-refractivity contribution is 6.31. The minimum atomic E-state index is -0.726. The van der Waals surface area contributed by atoms with Crippen molar-refractivity contribution in [3.05, 3.63) is 64.0 Å². The molecule has 1 heterocycles. The Kier molecular flexibility index (Phi) is 4.69. The average molecular weight is 365 g/mol. The summed E-state index contributed by atoms with van der Waals surface area (Å²) < 4.78 is 10.5. The third-order valence-corrected chi connectivity index (χ3v) is 3.55. The van der Waals surface area contributed by atoms with Crippen molar-refractivity contribution < 1.29 is 19.1 Å². The lowest BCUT2D eigenvalue weighted by molar-refractivity contribution is 0.0435. The van der Waals surface area contributed by atoms with Gasteiger partial charge in [-0.15, -0.1) is 10.2 Å². The zero-order valence-electron chi connectivity index (χ0n) is 12.1. The Hall–Kier alpha value is -2.57. The fraction of sp³-hybridized carbons (Fsp3) is 0.0625. The van der Waals surface area contributed by atoms with Crippen molar-refractivity contribution in [1.82, 2.24) is 10.2 Å². The van der Waals surface area contributed by atoms with Gasteiger partial charge in [-0.3, -0.25) is 0 Å². The fourth-order valence-electron chi connectivity index (χ4n) is 1.90. The van der Waals surface area contributed by atoms with Crippen molar-refractivity contribution in [2.45, 2.75) is 6.61 Å². The molecule has 0 atom stereocenters. The summed E-state index contributed by atoms with van der Waals surface area (Å²) in [7, 11) is 0. The summed E-state index contributed by atoms with van der Waals surface area (Å²) in [6.45, 7) is -0.221. The van der Waals surface area contributed by atoms with Crippen molar-refractivity contribution in [3.63, 3.8) is 0 Å². The molecular formula is C16H10Cl2N2O4. The number of phenolic OH excluding ortho intramolecular Hbond substituents is 1. The van der Waals surface area contributed by atoms with E-state index < -0.39 is 5.97 Å². The van der Waals surface area contributed by atoms with Crippen LogP contribution in [-0.4, -0.2) is 21.3 Å². The molecule has 0 aliphatic carbocycles. The predicted molar refractivity (Wildman–Crippen MR) is 87.0 cm³/mol. The number of hydrogen-bond donors (Lipinski definition) is 1. The van der Waals surface area contributed by atoms with E-state index in [-0.39, 0.29) is 29.7 Å². The van der Waals surface area contributed by atoms with Crippen LogP contribution in [0.5, 0.6) is 5.75 Å². The van der Waals surface area contributed by atoms with Gasteiger partial charge in [0.2, 0.25) is 5.89 Å². The molecule has 0 saturated carbocycles. The summed E-state index contributed by atoms with van der Waals surface area (Å²) in [5.41, 5.74) is 0.691. The van der Waals surface area contributed by atoms with Gasteiger partial charge in [-0.2, -0.15) is 0 Å². The van der Waals surface area contributed by atoms with Gasteiger partial charge in [-0.25, -0.2) is 4.79 Å². The molecule has 0 unspecified atom stereocenters. The lowest BCUT2D eigenvalue weighted by atomic mass is 10.2. The first kappa shape index (κ1) is 16.3. The number of aromatic hydroxyl groups is 1. The minimum Gasteiger partial charge on any atom is -0.507 e. The SMILES string of the molecule is O=C(OCc1nnc(-c2ccc(Cl)cc2)o1)c1ccc(Cl)cc1O. The monoisotopic (exact) mass is 364 g/mol. The van der Waals surface area contributed by atoms with Crippen LogP contribution in [0, 0.1) is 0 Å². The number of phenols is 1. The van der Waals surface area contributed by atoms with Gasteiger partial charge in [0.1, 0.15) is 11.3 Å². The maximum atomic E-state index is 11.9. The second kappa shape index (κ2) is 6.90. The van der Waals surface area contributed by atoms with E-state index >= 15 is 0 Å². The quantitative estimate of drug-likeness (QED) is 0.701. The van der Waals surface area contributed by atoms with Crippen LogP contribution in [0.15, 0.2) is 46.9 Å². The number of esters is 1. The van der Waals surface area contributed by atoms with E-state index in [1.54, 1.807) is 24.3 Å². The van der Waals surface area contributed by atoms with E-state index in [9.17, 15) is 9.90 Å². The van der Waals surface area contributed by atoms with Gasteiger partial charge < -0.3 is 14.3 Å². The van der Waals surface area contributed by atoms with Crippen LogP contribution in [0.25, 0.3) is 11.5 Å². The zero-order valence-corrected chi connectivity index (χ0v) is 13.6. The van der Waals surface area contributed by atoms with Crippen molar-refractivity contribution in [1.29, 1.82) is 0 Å². The molecule has 24 heavy (non-hydrogen) atoms. The molecule has 0 aliphatic heterocycles. The summed E-state index contributed by atoms with van der Waals surface area (Å²) in [6.07, 6.45) is 0. The fourth-order valence-corrected chi connectivity index (χ4v) is 2.20. The molecule has 0 bridgehead atoms. The maximum absolute atomic E-state index is 11.9. The van der Waals surface area contributed by atoms with Gasteiger partial charge in [0.05, 0.1) is 0 Å². The Morgan fingerprint density at radius 2 is 1.79 bits per heavy atom. The van der Waals surface area contributed by atoms with Crippen LogP contribution in [0.1, 0.15) is 16.2 Å². The number of nitrogens with zero attached hydrogens (tertiary/aromatic N) is 2. The molecule has 0 fully saturated rings. The second-order valence-electron chi connectivity index (χ2n) is 4.75. The minimum absolute atomic E-state index is 0.00293. The smallest absolute Gasteiger partial charge is 0.342 e. The highest BCUT2D eigenvalue weighted by Gasteiger charge is 2.15. The molecule has 8 heteroatoms. The van der Waals surface area contributed by atoms with E-state index in [0.717, 1.165) is 0 Å². The number of ether oxygens (including phenoxy) is 1. The molecule has 1 N–H and O–H groups in total. The number of aromatic nitrogens is 2. The van der Waals surface area contributed by atoms with Gasteiger partial charge in [0.25, 0.3) is 5.89 Å². The molecule has 122 valence electrons. The van der Waals surface area contributed by atoms with Crippen LogP contribution in [0.2, 0.25) is 10.0 Å². The van der Waals surface area contributed by atoms with Crippen molar-refractivity contribution in [2.24, 2.45) is 0 Å². The molecule has 0 spiro atoms. The third-order valence-electron chi connectivity index (χ3n) is 3.06. The molecule has 0 radical (unpaired) electrons. The van der Waals surface area contributed by atoms with Crippen LogP contribution >= 0.6 is 23.2 Å². The Bertz CT molecular complexity index is 878. The van der Waals surface area contributed by atoms with Gasteiger partial charge in [0.15, 0.2) is 6.61 Å². The van der Waals surface area contributed by atoms with Crippen LogP contribution in [0.3, 0.4) is 0 Å². The lowest BCUT2D eigenvalue weighted by Crippen LogP contribution is -2.05. The van der Waals surface area contributed by atoms with E-state index in [0.29, 0.717) is 15.6 Å². The maximum Gasteiger partial charge on any atom is 0.342 e. The lowest BCUT2D eigenvalue weighted by Gasteiger charge is -2.04.